The van der Waals surface area contributed by atoms with E-state index in [0.717, 1.165) is 16.7 Å². The number of nitrogens with one attached hydrogen (secondary N) is 1. The Morgan fingerprint density at radius 3 is 1.79 bits per heavy atom. The van der Waals surface area contributed by atoms with Gasteiger partial charge in [-0.25, -0.2) is 14.6 Å². The number of likely N-dealkylation sites (tertiary alicyclic amines) is 1. The van der Waals surface area contributed by atoms with Gasteiger partial charge >= 0.3 is 12.2 Å². The smallest absolute Gasteiger partial charge is 0.429 e. The molecule has 0 saturated carbocycles. The highest BCUT2D eigenvalue weighted by atomic mass is 32.2. The number of carbonyl (C=O) groups excluding carboxylic acids is 3. The van der Waals surface area contributed by atoms with Crippen LogP contribution in [0.15, 0.2) is 116 Å². The molecule has 0 aromatic heterocycles. The van der Waals surface area contributed by atoms with E-state index in [1.165, 1.54) is 17.2 Å². The molecule has 0 bridgehead atoms. The summed E-state index contributed by atoms with van der Waals surface area (Å²) in [7, 11) is 0. The number of hydrazine groups is 1. The first-order valence-electron chi connectivity index (χ1n) is 14.2. The summed E-state index contributed by atoms with van der Waals surface area (Å²) in [6, 6.07) is 29.9. The first-order chi connectivity index (χ1) is 21.0. The minimum Gasteiger partial charge on any atom is -0.445 e. The van der Waals surface area contributed by atoms with Crippen LogP contribution in [-0.2, 0) is 19.0 Å². The summed E-state index contributed by atoms with van der Waals surface area (Å²) in [4.78, 5) is 40.6. The molecule has 43 heavy (non-hydrogen) atoms. The Balaban J connectivity index is 1.55. The van der Waals surface area contributed by atoms with E-state index in [2.05, 4.69) is 55.0 Å². The average Bonchev–Trinajstić information content (AvgIpc) is 3.65. The molecule has 2 heterocycles. The number of hydrogen-bond donors (Lipinski definition) is 1. The number of nitrogens with zero attached hydrogens (tertiary/aromatic N) is 2. The first kappa shape index (κ1) is 30.0. The molecule has 8 nitrogen and oxygen atoms in total. The number of rotatable bonds is 10. The fourth-order valence-electron chi connectivity index (χ4n) is 5.90. The van der Waals surface area contributed by atoms with Gasteiger partial charge in [-0.3, -0.25) is 10.2 Å². The van der Waals surface area contributed by atoms with Gasteiger partial charge in [0.1, 0.15) is 13.2 Å². The van der Waals surface area contributed by atoms with Gasteiger partial charge in [-0.2, -0.15) is 0 Å². The van der Waals surface area contributed by atoms with Crippen molar-refractivity contribution >= 4 is 29.9 Å². The van der Waals surface area contributed by atoms with Gasteiger partial charge in [-0.15, -0.1) is 11.8 Å². The number of ether oxygens (including phenoxy) is 2. The summed E-state index contributed by atoms with van der Waals surface area (Å²) >= 11 is 1.77. The van der Waals surface area contributed by atoms with Gasteiger partial charge in [0.05, 0.1) is 23.3 Å². The molecule has 2 saturated heterocycles. The summed E-state index contributed by atoms with van der Waals surface area (Å²) in [5.74, 6) is -0.316. The minimum absolute atomic E-state index is 0.0000943. The number of thioether (sulfide) groups is 1. The number of hydrogen-bond acceptors (Lipinski definition) is 6. The molecule has 3 aromatic rings. The summed E-state index contributed by atoms with van der Waals surface area (Å²) in [6.45, 7) is 7.66. The SMILES string of the molecule is C=CCOC(=O)N1NC(=O)CC1[C@@H]1C[C@H](SC(c2ccccc2)(c2ccccc2)c2ccccc2)CN1C(=O)OCC=C. The van der Waals surface area contributed by atoms with E-state index in [9.17, 15) is 14.4 Å². The standard InChI is InChI=1S/C34H35N3O5S/c1-3-20-41-32(39)36-24-28(22-29(36)30-23-31(38)35-37(30)33(40)42-21-4-2)43-34(25-14-8-5-9-15-25,26-16-10-6-11-17-26)27-18-12-7-13-19-27/h3-19,28-30H,1-2,20-24H2,(H,35,38)/t28-,29-,30?/m0/s1. The molecule has 0 spiro atoms. The van der Waals surface area contributed by atoms with Gasteiger partial charge in [0.15, 0.2) is 0 Å². The van der Waals surface area contributed by atoms with Crippen LogP contribution in [0.2, 0.25) is 0 Å². The molecule has 222 valence electrons. The maximum atomic E-state index is 13.4. The predicted octanol–water partition coefficient (Wildman–Crippen LogP) is 5.91. The molecule has 9 heteroatoms. The van der Waals surface area contributed by atoms with E-state index in [1.807, 2.05) is 54.6 Å². The summed E-state index contributed by atoms with van der Waals surface area (Å²) < 4.78 is 10.1. The fraction of sp³-hybridized carbons (Fsp3) is 0.265. The van der Waals surface area contributed by atoms with E-state index < -0.39 is 29.0 Å². The predicted molar refractivity (Wildman–Crippen MR) is 167 cm³/mol. The molecule has 5 rings (SSSR count). The molecule has 1 N–H and O–H groups in total. The second-order valence-electron chi connectivity index (χ2n) is 10.4. The fourth-order valence-corrected chi connectivity index (χ4v) is 7.75. The number of amides is 3. The van der Waals surface area contributed by atoms with Gasteiger partial charge in [0, 0.05) is 11.8 Å². The van der Waals surface area contributed by atoms with Crippen LogP contribution in [0.5, 0.6) is 0 Å². The number of benzene rings is 3. The summed E-state index contributed by atoms with van der Waals surface area (Å²) in [5, 5.41) is 1.12. The molecule has 0 aliphatic carbocycles. The summed E-state index contributed by atoms with van der Waals surface area (Å²) in [5.41, 5.74) is 5.93. The zero-order valence-corrected chi connectivity index (χ0v) is 24.7. The van der Waals surface area contributed by atoms with Crippen LogP contribution < -0.4 is 5.43 Å². The van der Waals surface area contributed by atoms with Crippen molar-refractivity contribution in [2.45, 2.75) is 34.9 Å². The van der Waals surface area contributed by atoms with Crippen LogP contribution in [0.25, 0.3) is 0 Å². The minimum atomic E-state index is -0.696. The maximum absolute atomic E-state index is 13.4. The second kappa shape index (κ2) is 13.6. The van der Waals surface area contributed by atoms with Crippen LogP contribution in [-0.4, -0.2) is 65.1 Å². The van der Waals surface area contributed by atoms with Crippen LogP contribution in [0.1, 0.15) is 29.5 Å². The Kier molecular flexibility index (Phi) is 9.51. The Labute approximate surface area is 256 Å². The van der Waals surface area contributed by atoms with E-state index in [0.29, 0.717) is 13.0 Å². The van der Waals surface area contributed by atoms with Crippen molar-refractivity contribution in [3.05, 3.63) is 133 Å². The van der Waals surface area contributed by atoms with E-state index >= 15 is 0 Å². The molecular formula is C34H35N3O5S. The molecule has 3 aromatic carbocycles. The molecule has 2 fully saturated rings. The van der Waals surface area contributed by atoms with E-state index in [4.69, 9.17) is 9.47 Å². The van der Waals surface area contributed by atoms with Crippen molar-refractivity contribution in [3.63, 3.8) is 0 Å². The molecule has 1 unspecified atom stereocenters. The van der Waals surface area contributed by atoms with Crippen molar-refractivity contribution in [1.29, 1.82) is 0 Å². The maximum Gasteiger partial charge on any atom is 0.429 e. The average molecular weight is 598 g/mol. The Hall–Kier alpha value is -4.50. The quantitative estimate of drug-likeness (QED) is 0.231. The van der Waals surface area contributed by atoms with Gasteiger partial charge < -0.3 is 14.4 Å². The monoisotopic (exact) mass is 597 g/mol. The third kappa shape index (κ3) is 6.32. The van der Waals surface area contributed by atoms with Crippen LogP contribution in [0.4, 0.5) is 9.59 Å². The lowest BCUT2D eigenvalue weighted by molar-refractivity contribution is -0.120. The van der Waals surface area contributed by atoms with Gasteiger partial charge in [-0.1, -0.05) is 116 Å². The first-order valence-corrected chi connectivity index (χ1v) is 15.1. The lowest BCUT2D eigenvalue weighted by atomic mass is 9.84. The highest BCUT2D eigenvalue weighted by molar-refractivity contribution is 8.01. The zero-order valence-electron chi connectivity index (χ0n) is 23.8. The van der Waals surface area contributed by atoms with Crippen molar-refractivity contribution < 1.29 is 23.9 Å². The molecule has 0 radical (unpaired) electrons. The molecule has 3 amide bonds. The normalized spacial score (nSPS) is 19.9. The topological polar surface area (TPSA) is 88.2 Å². The van der Waals surface area contributed by atoms with E-state index in [1.54, 1.807) is 16.7 Å². The third-order valence-electron chi connectivity index (χ3n) is 7.69. The van der Waals surface area contributed by atoms with Crippen LogP contribution in [0, 0.1) is 0 Å². The van der Waals surface area contributed by atoms with Crippen molar-refractivity contribution in [2.75, 3.05) is 19.8 Å². The Morgan fingerprint density at radius 1 is 0.814 bits per heavy atom. The van der Waals surface area contributed by atoms with Crippen molar-refractivity contribution in [1.82, 2.24) is 15.3 Å². The van der Waals surface area contributed by atoms with E-state index in [-0.39, 0.29) is 30.8 Å². The van der Waals surface area contributed by atoms with Gasteiger partial charge in [0.2, 0.25) is 5.91 Å². The molecule has 2 aliphatic rings. The molecule has 3 atom stereocenters. The Bertz CT molecular complexity index is 1340. The lowest BCUT2D eigenvalue weighted by Gasteiger charge is -2.37. The molecule has 2 aliphatic heterocycles. The van der Waals surface area contributed by atoms with Crippen molar-refractivity contribution in [3.8, 4) is 0 Å². The summed E-state index contributed by atoms with van der Waals surface area (Å²) in [6.07, 6.45) is 2.32. The highest BCUT2D eigenvalue weighted by Crippen LogP contribution is 2.52. The Morgan fingerprint density at radius 2 is 1.30 bits per heavy atom. The third-order valence-corrected chi connectivity index (χ3v) is 9.42. The highest BCUT2D eigenvalue weighted by Gasteiger charge is 2.50. The van der Waals surface area contributed by atoms with Crippen LogP contribution in [0.3, 0.4) is 0 Å². The lowest BCUT2D eigenvalue weighted by Crippen LogP contribution is -2.53. The number of carbonyl (C=O) groups is 3. The van der Waals surface area contributed by atoms with Gasteiger partial charge in [-0.05, 0) is 23.1 Å². The second-order valence-corrected chi connectivity index (χ2v) is 11.9. The van der Waals surface area contributed by atoms with Crippen LogP contribution >= 0.6 is 11.8 Å². The zero-order chi connectivity index (χ0) is 30.2. The van der Waals surface area contributed by atoms with Gasteiger partial charge in [0.25, 0.3) is 0 Å². The van der Waals surface area contributed by atoms with Crippen molar-refractivity contribution in [2.24, 2.45) is 0 Å². The largest absolute Gasteiger partial charge is 0.445 e. The molecular weight excluding hydrogens is 562 g/mol.